The van der Waals surface area contributed by atoms with Gasteiger partial charge in [-0.25, -0.2) is 13.6 Å². The van der Waals surface area contributed by atoms with Crippen LogP contribution in [-0.4, -0.2) is 8.42 Å². The number of benzene rings is 1. The van der Waals surface area contributed by atoms with Crippen LogP contribution in [0.4, 0.5) is 5.69 Å². The van der Waals surface area contributed by atoms with Crippen molar-refractivity contribution in [3.8, 4) is 0 Å². The van der Waals surface area contributed by atoms with Gasteiger partial charge in [-0.15, -0.1) is 11.3 Å². The number of anilines is 1. The van der Waals surface area contributed by atoms with E-state index < -0.39 is 10.0 Å². The largest absolute Gasteiger partial charge is 0.396 e. The third-order valence-electron chi connectivity index (χ3n) is 2.42. The lowest BCUT2D eigenvalue weighted by Crippen LogP contribution is -2.11. The topological polar surface area (TPSA) is 86.2 Å². The first kappa shape index (κ1) is 11.4. The van der Waals surface area contributed by atoms with Gasteiger partial charge in [-0.2, -0.15) is 0 Å². The number of primary sulfonamides is 1. The number of hydrogen-bond acceptors (Lipinski definition) is 4. The van der Waals surface area contributed by atoms with Gasteiger partial charge in [0.2, 0.25) is 10.0 Å². The van der Waals surface area contributed by atoms with Gasteiger partial charge < -0.3 is 5.73 Å². The van der Waals surface area contributed by atoms with E-state index in [1.165, 1.54) is 0 Å². The van der Waals surface area contributed by atoms with E-state index in [2.05, 4.69) is 0 Å². The van der Waals surface area contributed by atoms with Crippen LogP contribution < -0.4 is 10.9 Å². The van der Waals surface area contributed by atoms with Crippen molar-refractivity contribution >= 4 is 37.1 Å². The minimum absolute atomic E-state index is 0.0516. The van der Waals surface area contributed by atoms with Crippen LogP contribution in [0.15, 0.2) is 22.4 Å². The summed E-state index contributed by atoms with van der Waals surface area (Å²) < 4.78 is 23.5. The third kappa shape index (κ3) is 1.79. The van der Waals surface area contributed by atoms with E-state index in [0.717, 1.165) is 33.4 Å². The van der Waals surface area contributed by atoms with Crippen LogP contribution in [0.25, 0.3) is 10.1 Å². The number of thiophene rings is 1. The Bertz CT molecular complexity index is 644. The van der Waals surface area contributed by atoms with Crippen molar-refractivity contribution in [3.63, 3.8) is 0 Å². The molecule has 6 heteroatoms. The SMILES string of the molecule is CCc1ccc2sc(S(N)(=O)=O)c(N)c2c1. The Morgan fingerprint density at radius 1 is 1.38 bits per heavy atom. The molecule has 0 fully saturated rings. The minimum atomic E-state index is -3.72. The smallest absolute Gasteiger partial charge is 0.249 e. The van der Waals surface area contributed by atoms with Crippen LogP contribution >= 0.6 is 11.3 Å². The molecule has 0 radical (unpaired) electrons. The summed E-state index contributed by atoms with van der Waals surface area (Å²) in [6, 6.07) is 5.75. The second-order valence-corrected chi connectivity index (χ2v) is 6.34. The number of rotatable bonds is 2. The molecular formula is C10H12N2O2S2. The van der Waals surface area contributed by atoms with Crippen molar-refractivity contribution in [2.75, 3.05) is 5.73 Å². The molecule has 0 amide bonds. The predicted molar refractivity (Wildman–Crippen MR) is 67.0 cm³/mol. The average molecular weight is 256 g/mol. The Balaban J connectivity index is 2.79. The maximum Gasteiger partial charge on any atom is 0.249 e. The zero-order valence-corrected chi connectivity index (χ0v) is 10.4. The summed E-state index contributed by atoms with van der Waals surface area (Å²) in [6.07, 6.45) is 0.885. The fourth-order valence-electron chi connectivity index (χ4n) is 1.57. The maximum atomic E-state index is 11.3. The van der Waals surface area contributed by atoms with Gasteiger partial charge in [0.25, 0.3) is 0 Å². The second-order valence-electron chi connectivity index (χ2n) is 3.53. The van der Waals surface area contributed by atoms with E-state index in [9.17, 15) is 8.42 Å². The number of hydrogen-bond donors (Lipinski definition) is 2. The molecule has 4 nitrogen and oxygen atoms in total. The summed E-state index contributed by atoms with van der Waals surface area (Å²) in [5.74, 6) is 0. The Labute approximate surface area is 97.9 Å². The number of fused-ring (bicyclic) bond motifs is 1. The summed E-state index contributed by atoms with van der Waals surface area (Å²) in [5.41, 5.74) is 7.18. The summed E-state index contributed by atoms with van der Waals surface area (Å²) in [7, 11) is -3.72. The number of nitrogen functional groups attached to an aromatic ring is 1. The molecule has 0 aliphatic carbocycles. The Morgan fingerprint density at radius 2 is 2.06 bits per heavy atom. The van der Waals surface area contributed by atoms with Crippen LogP contribution in [0.3, 0.4) is 0 Å². The molecule has 2 rings (SSSR count). The molecule has 16 heavy (non-hydrogen) atoms. The fourth-order valence-corrected chi connectivity index (χ4v) is 3.56. The maximum absolute atomic E-state index is 11.3. The van der Waals surface area contributed by atoms with Gasteiger partial charge in [-0.3, -0.25) is 0 Å². The van der Waals surface area contributed by atoms with Gasteiger partial charge in [0.05, 0.1) is 5.69 Å². The lowest BCUT2D eigenvalue weighted by atomic mass is 10.1. The van der Waals surface area contributed by atoms with Crippen molar-refractivity contribution in [2.24, 2.45) is 5.14 Å². The summed E-state index contributed by atoms with van der Waals surface area (Å²) in [5, 5.41) is 5.87. The van der Waals surface area contributed by atoms with Gasteiger partial charge in [-0.05, 0) is 24.1 Å². The fraction of sp³-hybridized carbons (Fsp3) is 0.200. The van der Waals surface area contributed by atoms with Crippen molar-refractivity contribution in [2.45, 2.75) is 17.6 Å². The van der Waals surface area contributed by atoms with E-state index in [1.54, 1.807) is 0 Å². The monoisotopic (exact) mass is 256 g/mol. The van der Waals surface area contributed by atoms with E-state index >= 15 is 0 Å². The molecule has 0 spiro atoms. The van der Waals surface area contributed by atoms with Crippen molar-refractivity contribution in [1.82, 2.24) is 0 Å². The minimum Gasteiger partial charge on any atom is -0.396 e. The standard InChI is InChI=1S/C10H12N2O2S2/c1-2-6-3-4-8-7(5-6)9(11)10(15-8)16(12,13)14/h3-5H,2,11H2,1H3,(H2,12,13,14). The first-order chi connectivity index (χ1) is 7.43. The van der Waals surface area contributed by atoms with Crippen LogP contribution in [0.2, 0.25) is 0 Å². The molecular weight excluding hydrogens is 244 g/mol. The number of aryl methyl sites for hydroxylation is 1. The van der Waals surface area contributed by atoms with Gasteiger partial charge in [0.1, 0.15) is 0 Å². The number of sulfonamides is 1. The molecule has 1 aromatic heterocycles. The highest BCUT2D eigenvalue weighted by Gasteiger charge is 2.18. The van der Waals surface area contributed by atoms with E-state index in [4.69, 9.17) is 10.9 Å². The molecule has 1 heterocycles. The molecule has 86 valence electrons. The highest BCUT2D eigenvalue weighted by atomic mass is 32.2. The molecule has 0 aliphatic heterocycles. The lowest BCUT2D eigenvalue weighted by Gasteiger charge is -1.97. The summed E-state index contributed by atoms with van der Waals surface area (Å²) >= 11 is 1.11. The van der Waals surface area contributed by atoms with Gasteiger partial charge in [-0.1, -0.05) is 13.0 Å². The average Bonchev–Trinajstić information content (AvgIpc) is 2.55. The molecule has 0 atom stereocenters. The van der Waals surface area contributed by atoms with Crippen LogP contribution in [-0.2, 0) is 16.4 Å². The van der Waals surface area contributed by atoms with E-state index in [0.29, 0.717) is 0 Å². The van der Waals surface area contributed by atoms with Crippen molar-refractivity contribution < 1.29 is 8.42 Å². The Kier molecular flexibility index (Phi) is 2.65. The van der Waals surface area contributed by atoms with Gasteiger partial charge in [0.15, 0.2) is 4.21 Å². The molecule has 0 aliphatic rings. The molecule has 0 unspecified atom stereocenters. The lowest BCUT2D eigenvalue weighted by molar-refractivity contribution is 0.600. The Morgan fingerprint density at radius 3 is 2.62 bits per heavy atom. The van der Waals surface area contributed by atoms with Crippen molar-refractivity contribution in [3.05, 3.63) is 23.8 Å². The van der Waals surface area contributed by atoms with Crippen LogP contribution in [0.5, 0.6) is 0 Å². The summed E-state index contributed by atoms with van der Waals surface area (Å²) in [4.78, 5) is 0. The normalized spacial score (nSPS) is 12.1. The van der Waals surface area contributed by atoms with E-state index in [-0.39, 0.29) is 9.90 Å². The third-order valence-corrected chi connectivity index (χ3v) is 5.09. The molecule has 4 N–H and O–H groups in total. The first-order valence-electron chi connectivity index (χ1n) is 4.77. The highest BCUT2D eigenvalue weighted by Crippen LogP contribution is 2.36. The van der Waals surface area contributed by atoms with Gasteiger partial charge >= 0.3 is 0 Å². The highest BCUT2D eigenvalue weighted by molar-refractivity contribution is 7.91. The van der Waals surface area contributed by atoms with Crippen LogP contribution in [0.1, 0.15) is 12.5 Å². The van der Waals surface area contributed by atoms with Crippen LogP contribution in [0, 0.1) is 0 Å². The molecule has 1 aromatic carbocycles. The quantitative estimate of drug-likeness (QED) is 0.857. The van der Waals surface area contributed by atoms with Crippen molar-refractivity contribution in [1.29, 1.82) is 0 Å². The summed E-state index contributed by atoms with van der Waals surface area (Å²) in [6.45, 7) is 2.03. The van der Waals surface area contributed by atoms with Gasteiger partial charge in [0, 0.05) is 10.1 Å². The first-order valence-corrected chi connectivity index (χ1v) is 7.13. The molecule has 2 aromatic rings. The zero-order chi connectivity index (χ0) is 11.9. The second kappa shape index (κ2) is 3.73. The molecule has 0 saturated carbocycles. The zero-order valence-electron chi connectivity index (χ0n) is 8.73. The Hall–Kier alpha value is -1.11. The molecule has 0 saturated heterocycles. The van der Waals surface area contributed by atoms with E-state index in [1.807, 2.05) is 25.1 Å². The predicted octanol–water partition coefficient (Wildman–Crippen LogP) is 1.69. The number of nitrogens with two attached hydrogens (primary N) is 2. The molecule has 0 bridgehead atoms.